The predicted octanol–water partition coefficient (Wildman–Crippen LogP) is 1.38. The summed E-state index contributed by atoms with van der Waals surface area (Å²) in [6.45, 7) is 3.88. The van der Waals surface area contributed by atoms with Gasteiger partial charge in [-0.05, 0) is 25.0 Å². The van der Waals surface area contributed by atoms with Crippen LogP contribution in [-0.2, 0) is 11.2 Å². The second-order valence-corrected chi connectivity index (χ2v) is 4.14. The van der Waals surface area contributed by atoms with Gasteiger partial charge >= 0.3 is 0 Å². The lowest BCUT2D eigenvalue weighted by molar-refractivity contribution is -0.0914. The average Bonchev–Trinajstić information content (AvgIpc) is 2.31. The summed E-state index contributed by atoms with van der Waals surface area (Å²) in [5.74, 6) is 0.469. The van der Waals surface area contributed by atoms with Crippen LogP contribution >= 0.6 is 0 Å². The molecule has 0 aliphatic heterocycles. The number of pyridine rings is 1. The minimum absolute atomic E-state index is 0.456. The number of ether oxygens (including phenoxy) is 1. The number of anilines is 1. The molecule has 90 valence electrons. The number of nitrogens with two attached hydrogens (primary N) is 1. The van der Waals surface area contributed by atoms with E-state index in [9.17, 15) is 5.11 Å². The quantitative estimate of drug-likeness (QED) is 0.793. The molecule has 0 aromatic carbocycles. The second-order valence-electron chi connectivity index (χ2n) is 4.14. The van der Waals surface area contributed by atoms with E-state index in [1.54, 1.807) is 13.3 Å². The van der Waals surface area contributed by atoms with E-state index in [1.807, 2.05) is 26.0 Å². The highest BCUT2D eigenvalue weighted by atomic mass is 16.5. The molecule has 4 nitrogen and oxygen atoms in total. The largest absolute Gasteiger partial charge is 0.390 e. The van der Waals surface area contributed by atoms with Crippen LogP contribution in [0.25, 0.3) is 0 Å². The van der Waals surface area contributed by atoms with Crippen LogP contribution in [-0.4, -0.2) is 28.9 Å². The summed E-state index contributed by atoms with van der Waals surface area (Å²) in [6, 6.07) is 3.69. The molecule has 2 unspecified atom stereocenters. The SMILES string of the molecule is CCC(C)(OC)C(O)Cc1cccnc1N. The number of aliphatic hydroxyl groups excluding tert-OH is 1. The fraction of sp³-hybridized carbons (Fsp3) is 0.583. The zero-order valence-electron chi connectivity index (χ0n) is 10.1. The van der Waals surface area contributed by atoms with Crippen LogP contribution < -0.4 is 5.73 Å². The second kappa shape index (κ2) is 5.27. The Hall–Kier alpha value is -1.13. The minimum Gasteiger partial charge on any atom is -0.390 e. The Kier molecular flexibility index (Phi) is 4.26. The number of hydrogen-bond donors (Lipinski definition) is 2. The third kappa shape index (κ3) is 2.71. The first-order valence-corrected chi connectivity index (χ1v) is 5.46. The molecule has 4 heteroatoms. The summed E-state index contributed by atoms with van der Waals surface area (Å²) in [5, 5.41) is 10.1. The maximum Gasteiger partial charge on any atom is 0.126 e. The Balaban J connectivity index is 2.78. The third-order valence-electron chi connectivity index (χ3n) is 3.21. The smallest absolute Gasteiger partial charge is 0.126 e. The van der Waals surface area contributed by atoms with E-state index in [2.05, 4.69) is 4.98 Å². The summed E-state index contributed by atoms with van der Waals surface area (Å²) < 4.78 is 5.35. The molecule has 1 rings (SSSR count). The lowest BCUT2D eigenvalue weighted by atomic mass is 9.91. The van der Waals surface area contributed by atoms with Gasteiger partial charge in [-0.3, -0.25) is 0 Å². The molecule has 0 radical (unpaired) electrons. The lowest BCUT2D eigenvalue weighted by Crippen LogP contribution is -2.42. The summed E-state index contributed by atoms with van der Waals surface area (Å²) in [7, 11) is 1.61. The van der Waals surface area contributed by atoms with Gasteiger partial charge in [0.05, 0.1) is 11.7 Å². The number of aliphatic hydroxyl groups is 1. The number of nitrogen functional groups attached to an aromatic ring is 1. The Morgan fingerprint density at radius 2 is 2.31 bits per heavy atom. The number of aromatic nitrogens is 1. The lowest BCUT2D eigenvalue weighted by Gasteiger charge is -2.32. The fourth-order valence-corrected chi connectivity index (χ4v) is 1.56. The predicted molar refractivity (Wildman–Crippen MR) is 64.1 cm³/mol. The normalized spacial score (nSPS) is 16.8. The Morgan fingerprint density at radius 1 is 1.62 bits per heavy atom. The first-order valence-electron chi connectivity index (χ1n) is 5.46. The van der Waals surface area contributed by atoms with Crippen LogP contribution in [0.2, 0.25) is 0 Å². The maximum absolute atomic E-state index is 10.1. The molecule has 1 aromatic heterocycles. The van der Waals surface area contributed by atoms with Crippen molar-refractivity contribution in [2.45, 2.75) is 38.4 Å². The molecule has 1 aromatic rings. The molecule has 0 fully saturated rings. The molecule has 0 saturated carbocycles. The van der Waals surface area contributed by atoms with E-state index in [4.69, 9.17) is 10.5 Å². The van der Waals surface area contributed by atoms with Crippen molar-refractivity contribution in [3.63, 3.8) is 0 Å². The third-order valence-corrected chi connectivity index (χ3v) is 3.21. The van der Waals surface area contributed by atoms with Gasteiger partial charge in [0.25, 0.3) is 0 Å². The molecule has 1 heterocycles. The van der Waals surface area contributed by atoms with Gasteiger partial charge in [-0.25, -0.2) is 4.98 Å². The van der Waals surface area contributed by atoms with Gasteiger partial charge in [0.15, 0.2) is 0 Å². The highest BCUT2D eigenvalue weighted by Gasteiger charge is 2.31. The molecule has 0 aliphatic rings. The zero-order chi connectivity index (χ0) is 12.2. The molecule has 0 saturated heterocycles. The summed E-state index contributed by atoms with van der Waals surface area (Å²) in [4.78, 5) is 3.99. The molecule has 2 atom stereocenters. The van der Waals surface area contributed by atoms with E-state index < -0.39 is 11.7 Å². The molecule has 0 amide bonds. The van der Waals surface area contributed by atoms with Crippen molar-refractivity contribution >= 4 is 5.82 Å². The minimum atomic E-state index is -0.589. The number of hydrogen-bond acceptors (Lipinski definition) is 4. The van der Waals surface area contributed by atoms with E-state index in [-0.39, 0.29) is 0 Å². The zero-order valence-corrected chi connectivity index (χ0v) is 10.1. The fourth-order valence-electron chi connectivity index (χ4n) is 1.56. The van der Waals surface area contributed by atoms with Crippen LogP contribution in [0, 0.1) is 0 Å². The van der Waals surface area contributed by atoms with Crippen molar-refractivity contribution in [3.8, 4) is 0 Å². The standard InChI is InChI=1S/C12H20N2O2/c1-4-12(2,16-3)10(15)8-9-6-5-7-14-11(9)13/h5-7,10,15H,4,8H2,1-3H3,(H2,13,14). The highest BCUT2D eigenvalue weighted by molar-refractivity contribution is 5.38. The van der Waals surface area contributed by atoms with Crippen LogP contribution in [0.3, 0.4) is 0 Å². The topological polar surface area (TPSA) is 68.4 Å². The number of rotatable bonds is 5. The monoisotopic (exact) mass is 224 g/mol. The molecule has 0 bridgehead atoms. The van der Waals surface area contributed by atoms with Crippen molar-refractivity contribution in [3.05, 3.63) is 23.9 Å². The molecule has 0 spiro atoms. The van der Waals surface area contributed by atoms with Gasteiger partial charge in [-0.1, -0.05) is 13.0 Å². The average molecular weight is 224 g/mol. The van der Waals surface area contributed by atoms with Crippen molar-refractivity contribution in [1.82, 2.24) is 4.98 Å². The van der Waals surface area contributed by atoms with E-state index in [0.29, 0.717) is 12.2 Å². The van der Waals surface area contributed by atoms with E-state index >= 15 is 0 Å². The maximum atomic E-state index is 10.1. The van der Waals surface area contributed by atoms with Gasteiger partial charge in [0.1, 0.15) is 5.82 Å². The van der Waals surface area contributed by atoms with Gasteiger partial charge in [-0.15, -0.1) is 0 Å². The first kappa shape index (κ1) is 12.9. The van der Waals surface area contributed by atoms with Crippen LogP contribution in [0.4, 0.5) is 5.82 Å². The van der Waals surface area contributed by atoms with Crippen LogP contribution in [0.5, 0.6) is 0 Å². The van der Waals surface area contributed by atoms with Crippen molar-refractivity contribution < 1.29 is 9.84 Å². The van der Waals surface area contributed by atoms with Crippen molar-refractivity contribution in [1.29, 1.82) is 0 Å². The highest BCUT2D eigenvalue weighted by Crippen LogP contribution is 2.23. The molecule has 16 heavy (non-hydrogen) atoms. The van der Waals surface area contributed by atoms with Crippen LogP contribution in [0.1, 0.15) is 25.8 Å². The Morgan fingerprint density at radius 3 is 2.81 bits per heavy atom. The Labute approximate surface area is 96.5 Å². The van der Waals surface area contributed by atoms with Crippen molar-refractivity contribution in [2.75, 3.05) is 12.8 Å². The van der Waals surface area contributed by atoms with Gasteiger partial charge in [-0.2, -0.15) is 0 Å². The Bertz CT molecular complexity index is 338. The molecular formula is C12H20N2O2. The summed E-state index contributed by atoms with van der Waals surface area (Å²) >= 11 is 0. The number of nitrogens with zero attached hydrogens (tertiary/aromatic N) is 1. The summed E-state index contributed by atoms with van der Waals surface area (Å²) in [5.41, 5.74) is 6.05. The van der Waals surface area contributed by atoms with E-state index in [0.717, 1.165) is 12.0 Å². The van der Waals surface area contributed by atoms with Crippen LogP contribution in [0.15, 0.2) is 18.3 Å². The first-order chi connectivity index (χ1) is 7.53. The number of methoxy groups -OCH3 is 1. The van der Waals surface area contributed by atoms with E-state index in [1.165, 1.54) is 0 Å². The molecular weight excluding hydrogens is 204 g/mol. The van der Waals surface area contributed by atoms with Gasteiger partial charge in [0, 0.05) is 19.7 Å². The van der Waals surface area contributed by atoms with Crippen molar-refractivity contribution in [2.24, 2.45) is 0 Å². The van der Waals surface area contributed by atoms with Gasteiger partial charge < -0.3 is 15.6 Å². The molecule has 3 N–H and O–H groups in total. The molecule has 0 aliphatic carbocycles. The summed E-state index contributed by atoms with van der Waals surface area (Å²) in [6.07, 6.45) is 2.25. The van der Waals surface area contributed by atoms with Gasteiger partial charge in [0.2, 0.25) is 0 Å².